The summed E-state index contributed by atoms with van der Waals surface area (Å²) >= 11 is 6.90. The minimum absolute atomic E-state index is 0.0351. The highest BCUT2D eigenvalue weighted by Gasteiger charge is 2.08. The predicted molar refractivity (Wildman–Crippen MR) is 101 cm³/mol. The number of aromatic amines is 1. The third-order valence-electron chi connectivity index (χ3n) is 3.76. The van der Waals surface area contributed by atoms with E-state index in [2.05, 4.69) is 54.3 Å². The average Bonchev–Trinajstić information content (AvgIpc) is 2.94. The summed E-state index contributed by atoms with van der Waals surface area (Å²) in [6.45, 7) is 0.634. The SMILES string of the molecule is O=C(Cc1ccc(Br)cc1Br)NCCc1c[nH]c2ccccc12. The van der Waals surface area contributed by atoms with Crippen molar-refractivity contribution in [3.63, 3.8) is 0 Å². The fraction of sp³-hybridized carbons (Fsp3) is 0.167. The lowest BCUT2D eigenvalue weighted by Gasteiger charge is -2.07. The summed E-state index contributed by atoms with van der Waals surface area (Å²) in [7, 11) is 0. The number of para-hydroxylation sites is 1. The summed E-state index contributed by atoms with van der Waals surface area (Å²) in [4.78, 5) is 15.3. The molecule has 0 fully saturated rings. The number of nitrogens with one attached hydrogen (secondary N) is 2. The van der Waals surface area contributed by atoms with Crippen molar-refractivity contribution < 1.29 is 4.79 Å². The van der Waals surface area contributed by atoms with E-state index in [9.17, 15) is 4.79 Å². The van der Waals surface area contributed by atoms with Crippen LogP contribution in [0.2, 0.25) is 0 Å². The van der Waals surface area contributed by atoms with Gasteiger partial charge in [0.2, 0.25) is 5.91 Å². The Morgan fingerprint density at radius 1 is 1.09 bits per heavy atom. The van der Waals surface area contributed by atoms with Crippen LogP contribution in [0.4, 0.5) is 0 Å². The molecule has 0 aliphatic carbocycles. The van der Waals surface area contributed by atoms with E-state index in [1.54, 1.807) is 0 Å². The number of benzene rings is 2. The number of hydrogen-bond donors (Lipinski definition) is 2. The van der Waals surface area contributed by atoms with Crippen LogP contribution in [-0.2, 0) is 17.6 Å². The fourth-order valence-corrected chi connectivity index (χ4v) is 3.76. The quantitative estimate of drug-likeness (QED) is 0.604. The van der Waals surface area contributed by atoms with Gasteiger partial charge in [0.15, 0.2) is 0 Å². The van der Waals surface area contributed by atoms with Crippen LogP contribution in [0.5, 0.6) is 0 Å². The first-order valence-electron chi connectivity index (χ1n) is 7.39. The van der Waals surface area contributed by atoms with Crippen molar-refractivity contribution in [3.8, 4) is 0 Å². The highest BCUT2D eigenvalue weighted by Crippen LogP contribution is 2.22. The number of rotatable bonds is 5. The fourth-order valence-electron chi connectivity index (χ4n) is 2.58. The van der Waals surface area contributed by atoms with Crippen molar-refractivity contribution in [3.05, 3.63) is 68.7 Å². The van der Waals surface area contributed by atoms with Crippen molar-refractivity contribution in [2.45, 2.75) is 12.8 Å². The van der Waals surface area contributed by atoms with Gasteiger partial charge in [-0.25, -0.2) is 0 Å². The maximum absolute atomic E-state index is 12.1. The van der Waals surface area contributed by atoms with Crippen molar-refractivity contribution in [2.75, 3.05) is 6.54 Å². The van der Waals surface area contributed by atoms with Crippen LogP contribution >= 0.6 is 31.9 Å². The molecule has 0 saturated carbocycles. The average molecular weight is 436 g/mol. The molecule has 23 heavy (non-hydrogen) atoms. The zero-order valence-electron chi connectivity index (χ0n) is 12.4. The second kappa shape index (κ2) is 7.32. The molecule has 0 unspecified atom stereocenters. The van der Waals surface area contributed by atoms with Gasteiger partial charge in [-0.2, -0.15) is 0 Å². The monoisotopic (exact) mass is 434 g/mol. The standard InChI is InChI=1S/C18H16Br2N2O/c19-14-6-5-12(16(20)10-14)9-18(23)21-8-7-13-11-22-17-4-2-1-3-15(13)17/h1-6,10-11,22H,7-9H2,(H,21,23). The summed E-state index contributed by atoms with van der Waals surface area (Å²) in [6, 6.07) is 14.1. The molecule has 1 heterocycles. The third kappa shape index (κ3) is 4.03. The Balaban J connectivity index is 1.55. The minimum Gasteiger partial charge on any atom is -0.361 e. The Morgan fingerprint density at radius 2 is 1.91 bits per heavy atom. The lowest BCUT2D eigenvalue weighted by atomic mass is 10.1. The summed E-state index contributed by atoms with van der Waals surface area (Å²) in [5, 5.41) is 4.21. The molecular weight excluding hydrogens is 420 g/mol. The Bertz CT molecular complexity index is 842. The van der Waals surface area contributed by atoms with Gasteiger partial charge in [0.25, 0.3) is 0 Å². The molecule has 0 atom stereocenters. The number of carbonyl (C=O) groups excluding carboxylic acids is 1. The molecule has 5 heteroatoms. The molecule has 0 aliphatic rings. The molecule has 118 valence electrons. The van der Waals surface area contributed by atoms with Crippen LogP contribution < -0.4 is 5.32 Å². The zero-order valence-corrected chi connectivity index (χ0v) is 15.6. The number of aromatic nitrogens is 1. The third-order valence-corrected chi connectivity index (χ3v) is 4.99. The van der Waals surface area contributed by atoms with E-state index >= 15 is 0 Å². The van der Waals surface area contributed by atoms with Gasteiger partial charge in [-0.15, -0.1) is 0 Å². The molecule has 2 aromatic carbocycles. The summed E-state index contributed by atoms with van der Waals surface area (Å²) < 4.78 is 1.94. The molecule has 3 nitrogen and oxygen atoms in total. The smallest absolute Gasteiger partial charge is 0.224 e. The highest BCUT2D eigenvalue weighted by molar-refractivity contribution is 9.11. The van der Waals surface area contributed by atoms with Crippen LogP contribution in [0.3, 0.4) is 0 Å². The molecule has 2 N–H and O–H groups in total. The second-order valence-electron chi connectivity index (χ2n) is 5.37. The first-order valence-corrected chi connectivity index (χ1v) is 8.98. The van der Waals surface area contributed by atoms with Gasteiger partial charge in [-0.1, -0.05) is 56.1 Å². The number of hydrogen-bond acceptors (Lipinski definition) is 1. The maximum atomic E-state index is 12.1. The van der Waals surface area contributed by atoms with Crippen LogP contribution in [0, 0.1) is 0 Å². The number of halogens is 2. The molecule has 0 radical (unpaired) electrons. The van der Waals surface area contributed by atoms with E-state index < -0.39 is 0 Å². The molecule has 0 aliphatic heterocycles. The van der Waals surface area contributed by atoms with Gasteiger partial charge in [-0.3, -0.25) is 4.79 Å². The predicted octanol–water partition coefficient (Wildman–Crippen LogP) is 4.59. The first-order chi connectivity index (χ1) is 11.1. The van der Waals surface area contributed by atoms with Gasteiger partial charge in [-0.05, 0) is 35.7 Å². The Hall–Kier alpha value is -1.59. The van der Waals surface area contributed by atoms with Gasteiger partial charge in [0.05, 0.1) is 6.42 Å². The Morgan fingerprint density at radius 3 is 2.74 bits per heavy atom. The number of amides is 1. The molecule has 0 bridgehead atoms. The lowest BCUT2D eigenvalue weighted by Crippen LogP contribution is -2.27. The van der Waals surface area contributed by atoms with E-state index in [4.69, 9.17) is 0 Å². The van der Waals surface area contributed by atoms with Crippen LogP contribution in [0.25, 0.3) is 10.9 Å². The molecule has 0 saturated heterocycles. The second-order valence-corrected chi connectivity index (χ2v) is 7.14. The Labute approximate surface area is 151 Å². The van der Waals surface area contributed by atoms with Crippen molar-refractivity contribution in [1.29, 1.82) is 0 Å². The summed E-state index contributed by atoms with van der Waals surface area (Å²) in [6.07, 6.45) is 3.21. The van der Waals surface area contributed by atoms with E-state index in [1.165, 1.54) is 10.9 Å². The van der Waals surface area contributed by atoms with Gasteiger partial charge < -0.3 is 10.3 Å². The number of carbonyl (C=O) groups is 1. The Kier molecular flexibility index (Phi) is 5.18. The molecule has 1 aromatic heterocycles. The maximum Gasteiger partial charge on any atom is 0.224 e. The van der Waals surface area contributed by atoms with Gasteiger partial charge in [0.1, 0.15) is 0 Å². The van der Waals surface area contributed by atoms with Crippen LogP contribution in [0.15, 0.2) is 57.6 Å². The number of fused-ring (bicyclic) bond motifs is 1. The molecule has 0 spiro atoms. The molecular formula is C18H16Br2N2O. The summed E-state index contributed by atoms with van der Waals surface area (Å²) in [5.74, 6) is 0.0351. The van der Waals surface area contributed by atoms with Crippen LogP contribution in [-0.4, -0.2) is 17.4 Å². The first kappa shape index (κ1) is 16.3. The minimum atomic E-state index is 0.0351. The molecule has 1 amide bonds. The van der Waals surface area contributed by atoms with Gasteiger partial charge >= 0.3 is 0 Å². The van der Waals surface area contributed by atoms with Gasteiger partial charge in [0, 0.05) is 32.6 Å². The van der Waals surface area contributed by atoms with Crippen molar-refractivity contribution in [2.24, 2.45) is 0 Å². The largest absolute Gasteiger partial charge is 0.361 e. The lowest BCUT2D eigenvalue weighted by molar-refractivity contribution is -0.120. The zero-order chi connectivity index (χ0) is 16.2. The van der Waals surface area contributed by atoms with Crippen molar-refractivity contribution in [1.82, 2.24) is 10.3 Å². The normalized spacial score (nSPS) is 10.9. The molecule has 3 aromatic rings. The van der Waals surface area contributed by atoms with Crippen molar-refractivity contribution >= 4 is 48.7 Å². The van der Waals surface area contributed by atoms with Crippen LogP contribution in [0.1, 0.15) is 11.1 Å². The summed E-state index contributed by atoms with van der Waals surface area (Å²) in [5.41, 5.74) is 3.34. The van der Waals surface area contributed by atoms with E-state index in [0.29, 0.717) is 13.0 Å². The van der Waals surface area contributed by atoms with E-state index in [1.807, 2.05) is 36.5 Å². The highest BCUT2D eigenvalue weighted by atomic mass is 79.9. The topological polar surface area (TPSA) is 44.9 Å². The van der Waals surface area contributed by atoms with E-state index in [-0.39, 0.29) is 5.91 Å². The van der Waals surface area contributed by atoms with E-state index in [0.717, 1.165) is 26.4 Å². The molecule has 3 rings (SSSR count). The number of H-pyrrole nitrogens is 1.